The van der Waals surface area contributed by atoms with Crippen molar-refractivity contribution in [1.82, 2.24) is 9.80 Å². The molecule has 0 spiro atoms. The lowest BCUT2D eigenvalue weighted by atomic mass is 9.75. The summed E-state index contributed by atoms with van der Waals surface area (Å²) < 4.78 is 0. The lowest BCUT2D eigenvalue weighted by molar-refractivity contribution is 0.108. The normalized spacial score (nSPS) is 34.6. The molecule has 1 unspecified atom stereocenters. The van der Waals surface area contributed by atoms with Gasteiger partial charge >= 0.3 is 0 Å². The number of piperidine rings is 1. The molecule has 0 aromatic heterocycles. The van der Waals surface area contributed by atoms with Crippen LogP contribution in [0.2, 0.25) is 0 Å². The number of hydrogen-bond donors (Lipinski definition) is 1. The van der Waals surface area contributed by atoms with Crippen molar-refractivity contribution in [2.45, 2.75) is 76.9 Å². The summed E-state index contributed by atoms with van der Waals surface area (Å²) in [6, 6.07) is 2.15. The van der Waals surface area contributed by atoms with Crippen molar-refractivity contribution in [3.05, 3.63) is 0 Å². The molecule has 3 fully saturated rings. The quantitative estimate of drug-likeness (QED) is 0.843. The van der Waals surface area contributed by atoms with E-state index < -0.39 is 0 Å². The van der Waals surface area contributed by atoms with Crippen LogP contribution in [0.4, 0.5) is 0 Å². The number of likely N-dealkylation sites (tertiary alicyclic amines) is 2. The van der Waals surface area contributed by atoms with Gasteiger partial charge in [0.15, 0.2) is 0 Å². The molecule has 2 heterocycles. The van der Waals surface area contributed by atoms with Gasteiger partial charge in [-0.15, -0.1) is 0 Å². The maximum absolute atomic E-state index is 6.03. The Labute approximate surface area is 124 Å². The highest BCUT2D eigenvalue weighted by Crippen LogP contribution is 2.38. The third-order valence-electron chi connectivity index (χ3n) is 6.11. The first kappa shape index (κ1) is 14.8. The molecular weight excluding hydrogens is 246 g/mol. The van der Waals surface area contributed by atoms with Gasteiger partial charge < -0.3 is 5.73 Å². The van der Waals surface area contributed by atoms with E-state index in [2.05, 4.69) is 23.6 Å². The second-order valence-corrected chi connectivity index (χ2v) is 8.21. The Bertz CT molecular complexity index is 310. The first-order chi connectivity index (χ1) is 9.53. The molecule has 3 rings (SSSR count). The average Bonchev–Trinajstić information content (AvgIpc) is 2.89. The fraction of sp³-hybridized carbons (Fsp3) is 1.00. The highest BCUT2D eigenvalue weighted by molar-refractivity contribution is 4.92. The van der Waals surface area contributed by atoms with Crippen LogP contribution >= 0.6 is 0 Å². The van der Waals surface area contributed by atoms with Gasteiger partial charge in [0.05, 0.1) is 0 Å². The van der Waals surface area contributed by atoms with E-state index in [9.17, 15) is 0 Å². The van der Waals surface area contributed by atoms with Crippen molar-refractivity contribution in [3.63, 3.8) is 0 Å². The molecule has 1 aliphatic carbocycles. The Hall–Kier alpha value is -0.120. The lowest BCUT2D eigenvalue weighted by Crippen LogP contribution is -2.47. The molecule has 0 radical (unpaired) electrons. The van der Waals surface area contributed by atoms with Gasteiger partial charge in [0.25, 0.3) is 0 Å². The Balaban J connectivity index is 1.47. The third kappa shape index (κ3) is 3.37. The van der Waals surface area contributed by atoms with Gasteiger partial charge in [-0.25, -0.2) is 0 Å². The van der Waals surface area contributed by atoms with Gasteiger partial charge in [0.1, 0.15) is 0 Å². The van der Waals surface area contributed by atoms with Crippen molar-refractivity contribution in [3.8, 4) is 0 Å². The average molecular weight is 279 g/mol. The maximum Gasteiger partial charge on any atom is 0.0235 e. The summed E-state index contributed by atoms with van der Waals surface area (Å²) >= 11 is 0. The van der Waals surface area contributed by atoms with E-state index in [0.717, 1.165) is 12.1 Å². The van der Waals surface area contributed by atoms with Crippen LogP contribution in [0.25, 0.3) is 0 Å². The highest BCUT2D eigenvalue weighted by atomic mass is 15.3. The standard InChI is InChI=1S/C17H33N3/c1-17(2)8-3-15(4-9-17)20-12-7-16(13-20)19-10-5-14(18)6-11-19/h14-16H,3-13,18H2,1-2H3. The van der Waals surface area contributed by atoms with Crippen LogP contribution in [0, 0.1) is 5.41 Å². The number of hydrogen-bond acceptors (Lipinski definition) is 3. The molecule has 0 aromatic rings. The molecular formula is C17H33N3. The fourth-order valence-electron chi connectivity index (χ4n) is 4.43. The van der Waals surface area contributed by atoms with Gasteiger partial charge in [-0.1, -0.05) is 13.8 Å². The molecule has 0 aromatic carbocycles. The summed E-state index contributed by atoms with van der Waals surface area (Å²) in [5, 5.41) is 0. The van der Waals surface area contributed by atoms with Crippen molar-refractivity contribution in [1.29, 1.82) is 0 Å². The van der Waals surface area contributed by atoms with E-state index in [1.807, 2.05) is 0 Å². The van der Waals surface area contributed by atoms with Crippen molar-refractivity contribution < 1.29 is 0 Å². The lowest BCUT2D eigenvalue weighted by Gasteiger charge is -2.39. The molecule has 3 nitrogen and oxygen atoms in total. The van der Waals surface area contributed by atoms with E-state index in [0.29, 0.717) is 11.5 Å². The maximum atomic E-state index is 6.03. The monoisotopic (exact) mass is 279 g/mol. The summed E-state index contributed by atoms with van der Waals surface area (Å²) in [6.45, 7) is 9.99. The van der Waals surface area contributed by atoms with Crippen LogP contribution in [0.15, 0.2) is 0 Å². The summed E-state index contributed by atoms with van der Waals surface area (Å²) in [5.74, 6) is 0. The molecule has 20 heavy (non-hydrogen) atoms. The minimum absolute atomic E-state index is 0.462. The summed E-state index contributed by atoms with van der Waals surface area (Å²) in [4.78, 5) is 5.52. The van der Waals surface area contributed by atoms with Gasteiger partial charge in [-0.3, -0.25) is 9.80 Å². The molecule has 3 aliphatic rings. The largest absolute Gasteiger partial charge is 0.328 e. The first-order valence-electron chi connectivity index (χ1n) is 8.77. The predicted octanol–water partition coefficient (Wildman–Crippen LogP) is 2.45. The molecule has 2 saturated heterocycles. The van der Waals surface area contributed by atoms with Crippen LogP contribution in [-0.4, -0.2) is 54.1 Å². The van der Waals surface area contributed by atoms with E-state index in [4.69, 9.17) is 5.73 Å². The van der Waals surface area contributed by atoms with Crippen LogP contribution in [0.3, 0.4) is 0 Å². The summed E-state index contributed by atoms with van der Waals surface area (Å²) in [7, 11) is 0. The minimum atomic E-state index is 0.462. The van der Waals surface area contributed by atoms with Crippen LogP contribution < -0.4 is 5.73 Å². The number of nitrogens with two attached hydrogens (primary N) is 1. The highest BCUT2D eigenvalue weighted by Gasteiger charge is 2.35. The van der Waals surface area contributed by atoms with Crippen molar-refractivity contribution in [2.75, 3.05) is 26.2 Å². The Morgan fingerprint density at radius 3 is 2.05 bits per heavy atom. The SMILES string of the molecule is CC1(C)CCC(N2CCC(N3CCC(N)CC3)C2)CC1. The predicted molar refractivity (Wildman–Crippen MR) is 84.8 cm³/mol. The van der Waals surface area contributed by atoms with Crippen LogP contribution in [0.5, 0.6) is 0 Å². The van der Waals surface area contributed by atoms with Gasteiger partial charge in [-0.2, -0.15) is 0 Å². The van der Waals surface area contributed by atoms with E-state index in [1.54, 1.807) is 0 Å². The zero-order valence-corrected chi connectivity index (χ0v) is 13.5. The van der Waals surface area contributed by atoms with E-state index >= 15 is 0 Å². The molecule has 3 heteroatoms. The smallest absolute Gasteiger partial charge is 0.0235 e. The van der Waals surface area contributed by atoms with E-state index in [1.165, 1.54) is 71.1 Å². The molecule has 1 atom stereocenters. The molecule has 1 saturated carbocycles. The molecule has 2 N–H and O–H groups in total. The summed E-state index contributed by atoms with van der Waals surface area (Å²) in [6.07, 6.45) is 9.46. The number of nitrogens with zero attached hydrogens (tertiary/aromatic N) is 2. The molecule has 0 bridgehead atoms. The molecule has 0 amide bonds. The fourth-order valence-corrected chi connectivity index (χ4v) is 4.43. The van der Waals surface area contributed by atoms with Gasteiger partial charge in [0, 0.05) is 31.2 Å². The van der Waals surface area contributed by atoms with Gasteiger partial charge in [-0.05, 0) is 63.5 Å². The van der Waals surface area contributed by atoms with E-state index in [-0.39, 0.29) is 0 Å². The van der Waals surface area contributed by atoms with Crippen LogP contribution in [0.1, 0.15) is 58.8 Å². The summed E-state index contributed by atoms with van der Waals surface area (Å²) in [5.41, 5.74) is 6.62. The zero-order chi connectivity index (χ0) is 14.2. The van der Waals surface area contributed by atoms with Crippen molar-refractivity contribution >= 4 is 0 Å². The first-order valence-corrected chi connectivity index (χ1v) is 8.77. The second kappa shape index (κ2) is 5.94. The number of rotatable bonds is 2. The second-order valence-electron chi connectivity index (χ2n) is 8.21. The third-order valence-corrected chi connectivity index (χ3v) is 6.11. The zero-order valence-electron chi connectivity index (χ0n) is 13.5. The minimum Gasteiger partial charge on any atom is -0.328 e. The Kier molecular flexibility index (Phi) is 4.40. The Morgan fingerprint density at radius 1 is 0.800 bits per heavy atom. The molecule has 2 aliphatic heterocycles. The van der Waals surface area contributed by atoms with Crippen molar-refractivity contribution in [2.24, 2.45) is 11.1 Å². The molecule has 116 valence electrons. The Morgan fingerprint density at radius 2 is 1.40 bits per heavy atom. The topological polar surface area (TPSA) is 32.5 Å². The van der Waals surface area contributed by atoms with Gasteiger partial charge in [0.2, 0.25) is 0 Å². The van der Waals surface area contributed by atoms with Crippen LogP contribution in [-0.2, 0) is 0 Å².